The van der Waals surface area contributed by atoms with Crippen LogP contribution in [0.15, 0.2) is 12.2 Å². The van der Waals surface area contributed by atoms with Gasteiger partial charge in [-0.05, 0) is 0 Å². The van der Waals surface area contributed by atoms with Crippen LogP contribution in [0.2, 0.25) is 0 Å². The topological polar surface area (TPSA) is 102 Å². The van der Waals surface area contributed by atoms with Crippen LogP contribution in [-0.2, 0) is 33.4 Å². The van der Waals surface area contributed by atoms with Crippen molar-refractivity contribution in [2.24, 2.45) is 0 Å². The summed E-state index contributed by atoms with van der Waals surface area (Å²) in [6, 6.07) is -0.855. The zero-order valence-electron chi connectivity index (χ0n) is 14.3. The van der Waals surface area contributed by atoms with Crippen LogP contribution in [-0.4, -0.2) is 85.7 Å². The molecular weight excluding hydrogens is 332 g/mol. The summed E-state index contributed by atoms with van der Waals surface area (Å²) >= 11 is 0. The predicted molar refractivity (Wildman–Crippen MR) is 84.2 cm³/mol. The van der Waals surface area contributed by atoms with Crippen LogP contribution in [0.25, 0.3) is 0 Å². The van der Waals surface area contributed by atoms with E-state index in [2.05, 4.69) is 4.74 Å². The van der Waals surface area contributed by atoms with E-state index in [0.717, 1.165) is 12.2 Å². The number of hydrogen-bond donors (Lipinski definition) is 0. The van der Waals surface area contributed by atoms with Crippen LogP contribution in [0.1, 0.15) is 13.3 Å². The lowest BCUT2D eigenvalue weighted by Gasteiger charge is -2.33. The van der Waals surface area contributed by atoms with Crippen molar-refractivity contribution in [3.05, 3.63) is 12.2 Å². The van der Waals surface area contributed by atoms with Gasteiger partial charge in [0.1, 0.15) is 12.1 Å². The Morgan fingerprint density at radius 1 is 1.04 bits per heavy atom. The summed E-state index contributed by atoms with van der Waals surface area (Å²) in [5.74, 6) is -1.96. The highest BCUT2D eigenvalue weighted by Gasteiger charge is 2.44. The number of esters is 2. The minimum absolute atomic E-state index is 0.254. The van der Waals surface area contributed by atoms with Gasteiger partial charge in [0, 0.05) is 45.1 Å². The minimum atomic E-state index is -0.855. The second kappa shape index (κ2) is 8.61. The van der Waals surface area contributed by atoms with Crippen molar-refractivity contribution in [2.75, 3.05) is 40.0 Å². The molecular formula is C16H22N2O7. The summed E-state index contributed by atoms with van der Waals surface area (Å²) in [4.78, 5) is 50.6. The molecule has 0 N–H and O–H groups in total. The number of morpholine rings is 1. The molecule has 2 rings (SSSR count). The lowest BCUT2D eigenvalue weighted by molar-refractivity contribution is -0.155. The van der Waals surface area contributed by atoms with E-state index < -0.39 is 24.1 Å². The minimum Gasteiger partial charge on any atom is -0.466 e. The van der Waals surface area contributed by atoms with Gasteiger partial charge in [0.2, 0.25) is 11.8 Å². The molecule has 2 amide bonds. The molecule has 0 unspecified atom stereocenters. The number of ether oxygens (including phenoxy) is 3. The Labute approximate surface area is 145 Å². The van der Waals surface area contributed by atoms with Gasteiger partial charge in [0.15, 0.2) is 0 Å². The normalized spacial score (nSPS) is 23.6. The van der Waals surface area contributed by atoms with Crippen molar-refractivity contribution in [2.45, 2.75) is 25.5 Å². The molecule has 0 radical (unpaired) electrons. The molecule has 2 atom stereocenters. The molecule has 0 aromatic rings. The second-order valence-electron chi connectivity index (χ2n) is 5.72. The van der Waals surface area contributed by atoms with Crippen LogP contribution in [0.5, 0.6) is 0 Å². The van der Waals surface area contributed by atoms with Crippen molar-refractivity contribution in [3.8, 4) is 0 Å². The standard InChI is InChI=1S/C16H22N2O7/c1-11(19)18-6-5-12(25-14(21)4-3-13(20)23-2)15(18)16(22)17-7-9-24-10-8-17/h3-4,12,15H,5-10H2,1-2H3/b4-3+/t12-,15+/m0/s1. The lowest BCUT2D eigenvalue weighted by atomic mass is 10.1. The van der Waals surface area contributed by atoms with E-state index >= 15 is 0 Å². The van der Waals surface area contributed by atoms with Gasteiger partial charge in [0.05, 0.1) is 20.3 Å². The first-order valence-electron chi connectivity index (χ1n) is 8.04. The van der Waals surface area contributed by atoms with Gasteiger partial charge in [-0.1, -0.05) is 0 Å². The van der Waals surface area contributed by atoms with Crippen LogP contribution >= 0.6 is 0 Å². The first-order chi connectivity index (χ1) is 11.9. The Hall–Kier alpha value is -2.42. The number of rotatable bonds is 4. The molecule has 9 heteroatoms. The zero-order chi connectivity index (χ0) is 18.4. The number of amides is 2. The number of nitrogens with zero attached hydrogens (tertiary/aromatic N) is 2. The Morgan fingerprint density at radius 2 is 1.68 bits per heavy atom. The van der Waals surface area contributed by atoms with E-state index in [1.54, 1.807) is 4.90 Å². The highest BCUT2D eigenvalue weighted by molar-refractivity contribution is 5.92. The molecule has 2 heterocycles. The fraction of sp³-hybridized carbons (Fsp3) is 0.625. The first-order valence-corrected chi connectivity index (χ1v) is 8.04. The van der Waals surface area contributed by atoms with Crippen LogP contribution < -0.4 is 0 Å². The average Bonchev–Trinajstić information content (AvgIpc) is 3.03. The maximum atomic E-state index is 12.8. The van der Waals surface area contributed by atoms with E-state index in [-0.39, 0.29) is 11.8 Å². The third-order valence-electron chi connectivity index (χ3n) is 4.15. The van der Waals surface area contributed by atoms with Gasteiger partial charge >= 0.3 is 11.9 Å². The maximum absolute atomic E-state index is 12.8. The maximum Gasteiger partial charge on any atom is 0.331 e. The number of likely N-dealkylation sites (tertiary alicyclic amines) is 1. The van der Waals surface area contributed by atoms with E-state index in [1.807, 2.05) is 0 Å². The molecule has 2 fully saturated rings. The molecule has 0 aromatic carbocycles. The van der Waals surface area contributed by atoms with Gasteiger partial charge in [0.25, 0.3) is 0 Å². The highest BCUT2D eigenvalue weighted by atomic mass is 16.5. The molecule has 25 heavy (non-hydrogen) atoms. The quantitative estimate of drug-likeness (QED) is 0.476. The highest BCUT2D eigenvalue weighted by Crippen LogP contribution is 2.24. The van der Waals surface area contributed by atoms with E-state index in [0.29, 0.717) is 39.3 Å². The lowest BCUT2D eigenvalue weighted by Crippen LogP contribution is -2.54. The van der Waals surface area contributed by atoms with E-state index in [4.69, 9.17) is 9.47 Å². The van der Waals surface area contributed by atoms with Crippen molar-refractivity contribution >= 4 is 23.8 Å². The van der Waals surface area contributed by atoms with Gasteiger partial charge < -0.3 is 24.0 Å². The van der Waals surface area contributed by atoms with Crippen LogP contribution in [0.3, 0.4) is 0 Å². The zero-order valence-corrected chi connectivity index (χ0v) is 14.3. The van der Waals surface area contributed by atoms with Gasteiger partial charge in [-0.2, -0.15) is 0 Å². The summed E-state index contributed by atoms with van der Waals surface area (Å²) in [6.45, 7) is 3.44. The number of hydrogen-bond acceptors (Lipinski definition) is 7. The summed E-state index contributed by atoms with van der Waals surface area (Å²) in [5, 5.41) is 0. The SMILES string of the molecule is COC(=O)/C=C/C(=O)O[C@H]1CCN(C(C)=O)[C@H]1C(=O)N1CCOCC1. The summed E-state index contributed by atoms with van der Waals surface area (Å²) < 4.78 is 14.9. The van der Waals surface area contributed by atoms with E-state index in [9.17, 15) is 19.2 Å². The summed E-state index contributed by atoms with van der Waals surface area (Å²) in [7, 11) is 1.19. The first kappa shape index (κ1) is 18.9. The summed E-state index contributed by atoms with van der Waals surface area (Å²) in [5.41, 5.74) is 0. The molecule has 138 valence electrons. The predicted octanol–water partition coefficient (Wildman–Crippen LogP) is -0.893. The van der Waals surface area contributed by atoms with Crippen molar-refractivity contribution < 1.29 is 33.4 Å². The van der Waals surface area contributed by atoms with Gasteiger partial charge in [-0.25, -0.2) is 9.59 Å². The summed E-state index contributed by atoms with van der Waals surface area (Å²) in [6.07, 6.45) is 1.49. The van der Waals surface area contributed by atoms with E-state index in [1.165, 1.54) is 18.9 Å². The van der Waals surface area contributed by atoms with Crippen LogP contribution in [0, 0.1) is 0 Å². The number of carbonyl (C=O) groups excluding carboxylic acids is 4. The molecule has 2 aliphatic rings. The molecule has 2 saturated heterocycles. The molecule has 9 nitrogen and oxygen atoms in total. The molecule has 0 bridgehead atoms. The average molecular weight is 354 g/mol. The molecule has 0 aliphatic carbocycles. The Kier molecular flexibility index (Phi) is 6.51. The largest absolute Gasteiger partial charge is 0.466 e. The Morgan fingerprint density at radius 3 is 2.28 bits per heavy atom. The fourth-order valence-corrected chi connectivity index (χ4v) is 2.90. The van der Waals surface area contributed by atoms with Gasteiger partial charge in [-0.15, -0.1) is 0 Å². The number of carbonyl (C=O) groups is 4. The van der Waals surface area contributed by atoms with Crippen molar-refractivity contribution in [1.82, 2.24) is 9.80 Å². The molecule has 2 aliphatic heterocycles. The molecule has 0 spiro atoms. The van der Waals surface area contributed by atoms with Crippen LogP contribution in [0.4, 0.5) is 0 Å². The Balaban J connectivity index is 2.08. The third-order valence-corrected chi connectivity index (χ3v) is 4.15. The Bertz CT molecular complexity index is 569. The smallest absolute Gasteiger partial charge is 0.331 e. The fourth-order valence-electron chi connectivity index (χ4n) is 2.90. The monoisotopic (exact) mass is 354 g/mol. The van der Waals surface area contributed by atoms with Crippen molar-refractivity contribution in [3.63, 3.8) is 0 Å². The molecule has 0 saturated carbocycles. The second-order valence-corrected chi connectivity index (χ2v) is 5.72. The van der Waals surface area contributed by atoms with Gasteiger partial charge in [-0.3, -0.25) is 9.59 Å². The number of methoxy groups -OCH3 is 1. The third kappa shape index (κ3) is 4.79. The van der Waals surface area contributed by atoms with Crippen molar-refractivity contribution in [1.29, 1.82) is 0 Å². The molecule has 0 aromatic heterocycles.